The van der Waals surface area contributed by atoms with Crippen molar-refractivity contribution in [2.24, 2.45) is 0 Å². The fraction of sp³-hybridized carbons (Fsp3) is 0.296. The summed E-state index contributed by atoms with van der Waals surface area (Å²) in [7, 11) is -7.74. The summed E-state index contributed by atoms with van der Waals surface area (Å²) in [6, 6.07) is 18.6. The van der Waals surface area contributed by atoms with Crippen molar-refractivity contribution in [3.8, 4) is 0 Å². The Morgan fingerprint density at radius 3 is 2.03 bits per heavy atom. The van der Waals surface area contributed by atoms with Crippen LogP contribution in [0.2, 0.25) is 5.02 Å². The van der Waals surface area contributed by atoms with Crippen molar-refractivity contribution >= 4 is 48.9 Å². The third-order valence-electron chi connectivity index (χ3n) is 6.36. The number of amides is 1. The average molecular weight is 576 g/mol. The summed E-state index contributed by atoms with van der Waals surface area (Å²) in [6.45, 7) is 2.30. The fourth-order valence-corrected chi connectivity index (χ4v) is 7.51. The highest BCUT2D eigenvalue weighted by Gasteiger charge is 2.29. The Morgan fingerprint density at radius 1 is 0.842 bits per heavy atom. The number of benzene rings is 3. The van der Waals surface area contributed by atoms with Crippen LogP contribution in [0.15, 0.2) is 82.6 Å². The molecule has 0 atom stereocenters. The summed E-state index contributed by atoms with van der Waals surface area (Å²) in [5.74, 6) is -0.608. The standard InChI is InChI=1S/C27H30ClN3O5S2/c1-21-10-14-24(15-11-21)38(35,36)31(26-9-5-4-8-25(26)28)20-27(32)29-22-12-16-23(17-13-22)37(33,34)30-18-6-2-3-7-19-30/h4-5,8-17H,2-3,6-7,18-20H2,1H3,(H,29,32). The van der Waals surface area contributed by atoms with E-state index in [0.717, 1.165) is 35.6 Å². The zero-order valence-corrected chi connectivity index (χ0v) is 23.4. The second kappa shape index (κ2) is 11.9. The van der Waals surface area contributed by atoms with Crippen LogP contribution in [-0.2, 0) is 24.8 Å². The second-order valence-electron chi connectivity index (χ2n) is 9.17. The maximum absolute atomic E-state index is 13.5. The van der Waals surface area contributed by atoms with Crippen molar-refractivity contribution in [3.05, 3.63) is 83.4 Å². The van der Waals surface area contributed by atoms with Crippen molar-refractivity contribution in [3.63, 3.8) is 0 Å². The van der Waals surface area contributed by atoms with Crippen LogP contribution in [0.25, 0.3) is 0 Å². The fourth-order valence-electron chi connectivity index (χ4n) is 4.26. The van der Waals surface area contributed by atoms with Crippen LogP contribution in [0.5, 0.6) is 0 Å². The lowest BCUT2D eigenvalue weighted by Crippen LogP contribution is -2.38. The van der Waals surface area contributed by atoms with Gasteiger partial charge in [0.25, 0.3) is 10.0 Å². The lowest BCUT2D eigenvalue weighted by atomic mass is 10.2. The minimum Gasteiger partial charge on any atom is -0.325 e. The van der Waals surface area contributed by atoms with Gasteiger partial charge in [-0.2, -0.15) is 4.31 Å². The summed E-state index contributed by atoms with van der Waals surface area (Å²) in [5, 5.41) is 2.85. The number of sulfonamides is 2. The predicted octanol–water partition coefficient (Wildman–Crippen LogP) is 5.05. The van der Waals surface area contributed by atoms with Gasteiger partial charge in [-0.25, -0.2) is 16.8 Å². The first kappa shape index (κ1) is 28.1. The quantitative estimate of drug-likeness (QED) is 0.405. The number of nitrogens with zero attached hydrogens (tertiary/aromatic N) is 2. The van der Waals surface area contributed by atoms with Gasteiger partial charge in [0.05, 0.1) is 20.5 Å². The number of para-hydroxylation sites is 1. The SMILES string of the molecule is Cc1ccc(S(=O)(=O)N(CC(=O)Nc2ccc(S(=O)(=O)N3CCCCCC3)cc2)c2ccccc2Cl)cc1. The van der Waals surface area contributed by atoms with Gasteiger partial charge in [-0.3, -0.25) is 9.10 Å². The molecule has 1 amide bonds. The maximum atomic E-state index is 13.5. The van der Waals surface area contributed by atoms with E-state index in [1.807, 2.05) is 6.92 Å². The van der Waals surface area contributed by atoms with Gasteiger partial charge in [0, 0.05) is 18.8 Å². The Hall–Kier alpha value is -2.92. The molecule has 8 nitrogen and oxygen atoms in total. The van der Waals surface area contributed by atoms with E-state index in [1.54, 1.807) is 30.3 Å². The molecule has 1 heterocycles. The van der Waals surface area contributed by atoms with Crippen molar-refractivity contribution in [1.82, 2.24) is 4.31 Å². The van der Waals surface area contributed by atoms with E-state index in [0.29, 0.717) is 18.8 Å². The highest BCUT2D eigenvalue weighted by atomic mass is 35.5. The summed E-state index contributed by atoms with van der Waals surface area (Å²) >= 11 is 6.32. The zero-order chi connectivity index (χ0) is 27.3. The molecule has 1 fully saturated rings. The minimum absolute atomic E-state index is 0.0268. The van der Waals surface area contributed by atoms with Crippen molar-refractivity contribution in [1.29, 1.82) is 0 Å². The van der Waals surface area contributed by atoms with E-state index in [1.165, 1.54) is 46.8 Å². The molecule has 1 aliphatic rings. The lowest BCUT2D eigenvalue weighted by molar-refractivity contribution is -0.114. The van der Waals surface area contributed by atoms with Gasteiger partial charge in [0.2, 0.25) is 15.9 Å². The van der Waals surface area contributed by atoms with E-state index in [4.69, 9.17) is 11.6 Å². The largest absolute Gasteiger partial charge is 0.325 e. The highest BCUT2D eigenvalue weighted by Crippen LogP contribution is 2.30. The van der Waals surface area contributed by atoms with Crippen LogP contribution < -0.4 is 9.62 Å². The van der Waals surface area contributed by atoms with Crippen LogP contribution in [0.1, 0.15) is 31.2 Å². The highest BCUT2D eigenvalue weighted by molar-refractivity contribution is 7.93. The molecule has 202 valence electrons. The molecule has 0 unspecified atom stereocenters. The van der Waals surface area contributed by atoms with Crippen LogP contribution in [-0.4, -0.2) is 46.7 Å². The van der Waals surface area contributed by atoms with Gasteiger partial charge in [0.1, 0.15) is 6.54 Å². The van der Waals surface area contributed by atoms with Crippen LogP contribution in [0, 0.1) is 6.92 Å². The number of nitrogens with one attached hydrogen (secondary N) is 1. The summed E-state index contributed by atoms with van der Waals surface area (Å²) < 4.78 is 55.6. The Bertz CT molecular complexity index is 1480. The van der Waals surface area contributed by atoms with E-state index >= 15 is 0 Å². The molecule has 38 heavy (non-hydrogen) atoms. The van der Waals surface area contributed by atoms with E-state index in [9.17, 15) is 21.6 Å². The lowest BCUT2D eigenvalue weighted by Gasteiger charge is -2.25. The molecule has 3 aromatic carbocycles. The number of aryl methyl sites for hydroxylation is 1. The Morgan fingerprint density at radius 2 is 1.42 bits per heavy atom. The Labute approximate surface area is 229 Å². The molecular weight excluding hydrogens is 546 g/mol. The van der Waals surface area contributed by atoms with Gasteiger partial charge >= 0.3 is 0 Å². The van der Waals surface area contributed by atoms with E-state index < -0.39 is 32.5 Å². The average Bonchev–Trinajstić information content (AvgIpc) is 3.19. The number of rotatable bonds is 8. The molecule has 3 aromatic rings. The molecule has 1 saturated heterocycles. The number of anilines is 2. The molecule has 0 aromatic heterocycles. The molecule has 4 rings (SSSR count). The molecule has 0 radical (unpaired) electrons. The molecule has 0 aliphatic carbocycles. The van der Waals surface area contributed by atoms with Crippen LogP contribution >= 0.6 is 11.6 Å². The Kier molecular flexibility index (Phi) is 8.77. The second-order valence-corrected chi connectivity index (χ2v) is 13.4. The van der Waals surface area contributed by atoms with Crippen molar-refractivity contribution in [2.75, 3.05) is 29.3 Å². The summed E-state index contributed by atoms with van der Waals surface area (Å²) in [4.78, 5) is 13.2. The topological polar surface area (TPSA) is 104 Å². The van der Waals surface area contributed by atoms with E-state index in [2.05, 4.69) is 5.32 Å². The molecule has 0 spiro atoms. The smallest absolute Gasteiger partial charge is 0.264 e. The number of carbonyl (C=O) groups is 1. The maximum Gasteiger partial charge on any atom is 0.264 e. The first-order valence-corrected chi connectivity index (χ1v) is 15.6. The Balaban J connectivity index is 1.54. The van der Waals surface area contributed by atoms with Gasteiger partial charge in [-0.15, -0.1) is 0 Å². The predicted molar refractivity (Wildman–Crippen MR) is 149 cm³/mol. The summed E-state index contributed by atoms with van der Waals surface area (Å²) in [6.07, 6.45) is 3.70. The number of carbonyl (C=O) groups excluding carboxylic acids is 1. The molecule has 1 aliphatic heterocycles. The molecule has 11 heteroatoms. The van der Waals surface area contributed by atoms with Crippen molar-refractivity contribution in [2.45, 2.75) is 42.4 Å². The first-order valence-electron chi connectivity index (χ1n) is 12.3. The zero-order valence-electron chi connectivity index (χ0n) is 21.0. The molecular formula is C27H30ClN3O5S2. The first-order chi connectivity index (χ1) is 18.1. The molecule has 1 N–H and O–H groups in total. The van der Waals surface area contributed by atoms with Gasteiger partial charge in [-0.05, 0) is 68.3 Å². The third-order valence-corrected chi connectivity index (χ3v) is 10.4. The number of hydrogen-bond acceptors (Lipinski definition) is 5. The molecule has 0 saturated carbocycles. The normalized spacial score (nSPS) is 15.0. The number of halogens is 1. The van der Waals surface area contributed by atoms with Crippen LogP contribution in [0.3, 0.4) is 0 Å². The van der Waals surface area contributed by atoms with Gasteiger partial charge in [-0.1, -0.05) is 54.3 Å². The van der Waals surface area contributed by atoms with Crippen molar-refractivity contribution < 1.29 is 21.6 Å². The van der Waals surface area contributed by atoms with E-state index in [-0.39, 0.29) is 20.5 Å². The monoisotopic (exact) mass is 575 g/mol. The van der Waals surface area contributed by atoms with Gasteiger partial charge in [0.15, 0.2) is 0 Å². The molecule has 0 bridgehead atoms. The number of hydrogen-bond donors (Lipinski definition) is 1. The van der Waals surface area contributed by atoms with Gasteiger partial charge < -0.3 is 5.32 Å². The third kappa shape index (κ3) is 6.37. The summed E-state index contributed by atoms with van der Waals surface area (Å²) in [5.41, 5.74) is 1.41. The minimum atomic E-state index is -4.12. The van der Waals surface area contributed by atoms with Crippen LogP contribution in [0.4, 0.5) is 11.4 Å².